The summed E-state index contributed by atoms with van der Waals surface area (Å²) in [6.07, 6.45) is 0. The van der Waals surface area contributed by atoms with Crippen molar-refractivity contribution in [3.8, 4) is 5.75 Å². The average Bonchev–Trinajstić information content (AvgIpc) is 3.09. The van der Waals surface area contributed by atoms with Crippen LogP contribution < -0.4 is 4.74 Å². The van der Waals surface area contributed by atoms with Crippen molar-refractivity contribution in [2.24, 2.45) is 0 Å². The maximum Gasteiger partial charge on any atom is 0.348 e. The van der Waals surface area contributed by atoms with Crippen LogP contribution in [0.2, 0.25) is 0 Å². The van der Waals surface area contributed by atoms with E-state index in [2.05, 4.69) is 0 Å². The number of hydrogen-bond donors (Lipinski definition) is 0. The number of carbonyl (C=O) groups excluding carboxylic acids is 2. The van der Waals surface area contributed by atoms with E-state index in [-0.39, 0.29) is 23.0 Å². The first-order valence-electron chi connectivity index (χ1n) is 7.50. The van der Waals surface area contributed by atoms with E-state index in [4.69, 9.17) is 9.47 Å². The lowest BCUT2D eigenvalue weighted by atomic mass is 10.1. The molecule has 0 radical (unpaired) electrons. The fourth-order valence-electron chi connectivity index (χ4n) is 2.31. The Morgan fingerprint density at radius 3 is 2.50 bits per heavy atom. The van der Waals surface area contributed by atoms with Crippen LogP contribution in [0, 0.1) is 10.1 Å². The Morgan fingerprint density at radius 2 is 1.85 bits per heavy atom. The molecular formula is C18H13NO6S. The molecule has 8 heteroatoms. The van der Waals surface area contributed by atoms with Gasteiger partial charge in [-0.25, -0.2) is 4.79 Å². The van der Waals surface area contributed by atoms with Gasteiger partial charge in [-0.3, -0.25) is 14.9 Å². The SMILES string of the molecule is COc1ccc(C(=O)COC(=O)c2cc3cc([N+](=O)[O-])ccc3s2)cc1. The zero-order valence-corrected chi connectivity index (χ0v) is 14.4. The summed E-state index contributed by atoms with van der Waals surface area (Å²) in [6, 6.07) is 12.3. The largest absolute Gasteiger partial charge is 0.497 e. The molecule has 0 bridgehead atoms. The number of hydrogen-bond acceptors (Lipinski definition) is 7. The van der Waals surface area contributed by atoms with Crippen LogP contribution in [0.25, 0.3) is 10.1 Å². The molecule has 0 N–H and O–H groups in total. The summed E-state index contributed by atoms with van der Waals surface area (Å²) in [7, 11) is 1.53. The van der Waals surface area contributed by atoms with Crippen LogP contribution in [-0.2, 0) is 4.74 Å². The molecule has 1 heterocycles. The molecule has 26 heavy (non-hydrogen) atoms. The van der Waals surface area contributed by atoms with Crippen LogP contribution in [0.15, 0.2) is 48.5 Å². The number of carbonyl (C=O) groups is 2. The standard InChI is InChI=1S/C18H13NO6S/c1-24-14-5-2-11(3-6-14)15(20)10-25-18(21)17-9-12-8-13(19(22)23)4-7-16(12)26-17/h2-9H,10H2,1H3. The van der Waals surface area contributed by atoms with E-state index < -0.39 is 10.9 Å². The number of nitro groups is 1. The second kappa shape index (κ2) is 7.32. The molecule has 0 saturated heterocycles. The van der Waals surface area contributed by atoms with Crippen molar-refractivity contribution in [3.63, 3.8) is 0 Å². The summed E-state index contributed by atoms with van der Waals surface area (Å²) < 4.78 is 10.8. The molecule has 0 fully saturated rings. The Hall–Kier alpha value is -3.26. The highest BCUT2D eigenvalue weighted by molar-refractivity contribution is 7.20. The smallest absolute Gasteiger partial charge is 0.348 e. The summed E-state index contributed by atoms with van der Waals surface area (Å²) in [4.78, 5) is 34.8. The van der Waals surface area contributed by atoms with Crippen molar-refractivity contribution in [2.45, 2.75) is 0 Å². The van der Waals surface area contributed by atoms with E-state index in [1.54, 1.807) is 30.3 Å². The Labute approximate surface area is 151 Å². The topological polar surface area (TPSA) is 95.7 Å². The number of methoxy groups -OCH3 is 1. The van der Waals surface area contributed by atoms with Gasteiger partial charge in [0.1, 0.15) is 10.6 Å². The van der Waals surface area contributed by atoms with Gasteiger partial charge in [0.25, 0.3) is 5.69 Å². The van der Waals surface area contributed by atoms with Gasteiger partial charge in [0.2, 0.25) is 0 Å². The van der Waals surface area contributed by atoms with Gasteiger partial charge in [0.05, 0.1) is 12.0 Å². The van der Waals surface area contributed by atoms with E-state index in [0.717, 1.165) is 16.0 Å². The number of Topliss-reactive ketones (excluding diaryl/α,β-unsaturated/α-hetero) is 1. The number of thiophene rings is 1. The van der Waals surface area contributed by atoms with Crippen molar-refractivity contribution in [1.82, 2.24) is 0 Å². The lowest BCUT2D eigenvalue weighted by Gasteiger charge is -2.04. The van der Waals surface area contributed by atoms with Gasteiger partial charge in [0, 0.05) is 27.8 Å². The van der Waals surface area contributed by atoms with E-state index in [0.29, 0.717) is 16.7 Å². The number of nitrogens with zero attached hydrogens (tertiary/aromatic N) is 1. The molecule has 0 amide bonds. The summed E-state index contributed by atoms with van der Waals surface area (Å²) in [5, 5.41) is 11.4. The molecule has 1 aromatic heterocycles. The van der Waals surface area contributed by atoms with E-state index in [1.165, 1.54) is 25.3 Å². The number of ketones is 1. The van der Waals surface area contributed by atoms with Crippen LogP contribution in [-0.4, -0.2) is 30.4 Å². The normalized spacial score (nSPS) is 10.5. The molecule has 0 aliphatic heterocycles. The Morgan fingerprint density at radius 1 is 1.12 bits per heavy atom. The van der Waals surface area contributed by atoms with Gasteiger partial charge in [-0.1, -0.05) is 0 Å². The average molecular weight is 371 g/mol. The number of fused-ring (bicyclic) bond motifs is 1. The van der Waals surface area contributed by atoms with Crippen LogP contribution in [0.3, 0.4) is 0 Å². The van der Waals surface area contributed by atoms with Crippen LogP contribution in [0.5, 0.6) is 5.75 Å². The fourth-order valence-corrected chi connectivity index (χ4v) is 3.24. The van der Waals surface area contributed by atoms with Crippen molar-refractivity contribution in [3.05, 3.63) is 69.1 Å². The van der Waals surface area contributed by atoms with E-state index in [1.807, 2.05) is 0 Å². The Balaban J connectivity index is 1.68. The minimum atomic E-state index is -0.643. The van der Waals surface area contributed by atoms with Crippen molar-refractivity contribution >= 4 is 38.9 Å². The zero-order chi connectivity index (χ0) is 18.7. The van der Waals surface area contributed by atoms with E-state index >= 15 is 0 Å². The lowest BCUT2D eigenvalue weighted by molar-refractivity contribution is -0.384. The van der Waals surface area contributed by atoms with Crippen molar-refractivity contribution < 1.29 is 24.0 Å². The molecule has 132 valence electrons. The maximum atomic E-state index is 12.2. The monoisotopic (exact) mass is 371 g/mol. The molecule has 0 aliphatic carbocycles. The third kappa shape index (κ3) is 3.70. The van der Waals surface area contributed by atoms with Gasteiger partial charge in [0.15, 0.2) is 12.4 Å². The quantitative estimate of drug-likeness (QED) is 0.283. The molecule has 0 atom stereocenters. The van der Waals surface area contributed by atoms with Crippen molar-refractivity contribution in [2.75, 3.05) is 13.7 Å². The lowest BCUT2D eigenvalue weighted by Crippen LogP contribution is -2.13. The number of ether oxygens (including phenoxy) is 2. The first-order valence-corrected chi connectivity index (χ1v) is 8.32. The molecule has 7 nitrogen and oxygen atoms in total. The zero-order valence-electron chi connectivity index (χ0n) is 13.6. The minimum absolute atomic E-state index is 0.0510. The second-order valence-electron chi connectivity index (χ2n) is 5.32. The van der Waals surface area contributed by atoms with E-state index in [9.17, 15) is 19.7 Å². The molecule has 3 rings (SSSR count). The summed E-state index contributed by atoms with van der Waals surface area (Å²) >= 11 is 1.15. The molecule has 3 aromatic rings. The molecule has 2 aromatic carbocycles. The third-order valence-electron chi connectivity index (χ3n) is 3.66. The minimum Gasteiger partial charge on any atom is -0.497 e. The predicted octanol–water partition coefficient (Wildman–Crippen LogP) is 3.86. The molecule has 0 spiro atoms. The number of benzene rings is 2. The highest BCUT2D eigenvalue weighted by Crippen LogP contribution is 2.29. The highest BCUT2D eigenvalue weighted by Gasteiger charge is 2.16. The number of nitro benzene ring substituents is 1. The highest BCUT2D eigenvalue weighted by atomic mass is 32.1. The van der Waals surface area contributed by atoms with Gasteiger partial charge < -0.3 is 9.47 Å². The first kappa shape index (κ1) is 17.6. The number of non-ortho nitro benzene ring substituents is 1. The summed E-state index contributed by atoms with van der Waals surface area (Å²) in [6.45, 7) is -0.389. The first-order chi connectivity index (χ1) is 12.5. The molecule has 0 unspecified atom stereocenters. The van der Waals surface area contributed by atoms with Crippen LogP contribution in [0.1, 0.15) is 20.0 Å². The van der Waals surface area contributed by atoms with Gasteiger partial charge in [-0.15, -0.1) is 11.3 Å². The maximum absolute atomic E-state index is 12.2. The number of rotatable bonds is 6. The number of esters is 1. The van der Waals surface area contributed by atoms with Crippen molar-refractivity contribution in [1.29, 1.82) is 0 Å². The van der Waals surface area contributed by atoms with Crippen LogP contribution >= 0.6 is 11.3 Å². The van der Waals surface area contributed by atoms with Gasteiger partial charge >= 0.3 is 5.97 Å². The Bertz CT molecular complexity index is 993. The van der Waals surface area contributed by atoms with Crippen LogP contribution in [0.4, 0.5) is 5.69 Å². The molecule has 0 aliphatic rings. The third-order valence-corrected chi connectivity index (χ3v) is 4.75. The summed E-state index contributed by atoms with van der Waals surface area (Å²) in [5.74, 6) is -0.355. The molecular weight excluding hydrogens is 358 g/mol. The predicted molar refractivity (Wildman–Crippen MR) is 96.1 cm³/mol. The fraction of sp³-hybridized carbons (Fsp3) is 0.111. The van der Waals surface area contributed by atoms with Gasteiger partial charge in [-0.2, -0.15) is 0 Å². The summed E-state index contributed by atoms with van der Waals surface area (Å²) in [5.41, 5.74) is 0.357. The second-order valence-corrected chi connectivity index (χ2v) is 6.40. The van der Waals surface area contributed by atoms with Gasteiger partial charge in [-0.05, 0) is 36.4 Å². The molecule has 0 saturated carbocycles. The Kier molecular flexibility index (Phi) is 4.94.